The zero-order valence-electron chi connectivity index (χ0n) is 11.3. The lowest BCUT2D eigenvalue weighted by Gasteiger charge is -2.19. The van der Waals surface area contributed by atoms with Gasteiger partial charge in [-0.3, -0.25) is 4.79 Å². The highest BCUT2D eigenvalue weighted by atomic mass is 16.4. The van der Waals surface area contributed by atoms with Gasteiger partial charge in [-0.2, -0.15) is 0 Å². The van der Waals surface area contributed by atoms with Gasteiger partial charge in [0.1, 0.15) is 0 Å². The molecule has 2 N–H and O–H groups in total. The third-order valence-corrected chi connectivity index (χ3v) is 3.87. The number of nitrogens with one attached hydrogen (secondary N) is 1. The van der Waals surface area contributed by atoms with Crippen molar-refractivity contribution in [2.24, 2.45) is 0 Å². The summed E-state index contributed by atoms with van der Waals surface area (Å²) in [5.41, 5.74) is 2.46. The molecule has 1 saturated carbocycles. The standard InChI is InChI=1S/C15H18N2O3/c18-14(16-12-2-3-12)6-8-17-7-5-10-9-11(15(19)20)1-4-13(10)17/h1,4,9,12H,2-3,5-8H2,(H,16,18)(H,19,20). The Morgan fingerprint density at radius 3 is 2.85 bits per heavy atom. The number of amides is 1. The average Bonchev–Trinajstić information content (AvgIpc) is 3.14. The molecule has 0 atom stereocenters. The Hall–Kier alpha value is -2.04. The van der Waals surface area contributed by atoms with Crippen LogP contribution in [0.5, 0.6) is 0 Å². The van der Waals surface area contributed by atoms with E-state index in [1.54, 1.807) is 12.1 Å². The smallest absolute Gasteiger partial charge is 0.335 e. The zero-order chi connectivity index (χ0) is 14.1. The van der Waals surface area contributed by atoms with Crippen LogP contribution in [0, 0.1) is 0 Å². The van der Waals surface area contributed by atoms with Crippen molar-refractivity contribution in [2.75, 3.05) is 18.0 Å². The molecule has 1 aliphatic heterocycles. The molecule has 0 bridgehead atoms. The van der Waals surface area contributed by atoms with E-state index in [-0.39, 0.29) is 5.91 Å². The SMILES string of the molecule is O=C(CCN1CCc2cc(C(=O)O)ccc21)NC1CC1. The first-order valence-corrected chi connectivity index (χ1v) is 7.04. The fourth-order valence-electron chi connectivity index (χ4n) is 2.60. The average molecular weight is 274 g/mol. The Morgan fingerprint density at radius 1 is 1.35 bits per heavy atom. The number of aromatic carboxylic acids is 1. The topological polar surface area (TPSA) is 69.6 Å². The van der Waals surface area contributed by atoms with E-state index < -0.39 is 5.97 Å². The van der Waals surface area contributed by atoms with Crippen LogP contribution < -0.4 is 10.2 Å². The lowest BCUT2D eigenvalue weighted by molar-refractivity contribution is -0.121. The molecule has 1 fully saturated rings. The summed E-state index contributed by atoms with van der Waals surface area (Å²) in [5, 5.41) is 12.0. The Bertz CT molecular complexity index is 552. The van der Waals surface area contributed by atoms with Crippen molar-refractivity contribution in [3.8, 4) is 0 Å². The number of carboxylic acids is 1. The second-order valence-corrected chi connectivity index (χ2v) is 5.48. The summed E-state index contributed by atoms with van der Waals surface area (Å²) in [6.45, 7) is 1.55. The van der Waals surface area contributed by atoms with E-state index in [1.807, 2.05) is 6.07 Å². The number of benzene rings is 1. The molecule has 5 nitrogen and oxygen atoms in total. The van der Waals surface area contributed by atoms with Gasteiger partial charge in [0.05, 0.1) is 5.56 Å². The quantitative estimate of drug-likeness (QED) is 0.852. The summed E-state index contributed by atoms with van der Waals surface area (Å²) in [6.07, 6.45) is 3.56. The van der Waals surface area contributed by atoms with Crippen LogP contribution in [0.15, 0.2) is 18.2 Å². The van der Waals surface area contributed by atoms with Crippen LogP contribution in [0.2, 0.25) is 0 Å². The van der Waals surface area contributed by atoms with Crippen molar-refractivity contribution in [3.63, 3.8) is 0 Å². The number of anilines is 1. The molecule has 0 unspecified atom stereocenters. The molecule has 0 spiro atoms. The maximum Gasteiger partial charge on any atom is 0.335 e. The number of hydrogen-bond donors (Lipinski definition) is 2. The van der Waals surface area contributed by atoms with Gasteiger partial charge in [0.25, 0.3) is 0 Å². The fraction of sp³-hybridized carbons (Fsp3) is 0.467. The Labute approximate surface area is 117 Å². The fourth-order valence-corrected chi connectivity index (χ4v) is 2.60. The van der Waals surface area contributed by atoms with Gasteiger partial charge in [-0.25, -0.2) is 4.79 Å². The van der Waals surface area contributed by atoms with Crippen molar-refractivity contribution in [3.05, 3.63) is 29.3 Å². The van der Waals surface area contributed by atoms with E-state index in [1.165, 1.54) is 0 Å². The van der Waals surface area contributed by atoms with Gasteiger partial charge in [-0.05, 0) is 43.0 Å². The van der Waals surface area contributed by atoms with Crippen molar-refractivity contribution in [1.82, 2.24) is 5.32 Å². The lowest BCUT2D eigenvalue weighted by atomic mass is 10.1. The number of fused-ring (bicyclic) bond motifs is 1. The molecule has 106 valence electrons. The van der Waals surface area contributed by atoms with Gasteiger partial charge in [0.2, 0.25) is 5.91 Å². The minimum absolute atomic E-state index is 0.114. The number of carboxylic acid groups (broad SMARTS) is 1. The third-order valence-electron chi connectivity index (χ3n) is 3.87. The largest absolute Gasteiger partial charge is 0.478 e. The number of rotatable bonds is 5. The number of hydrogen-bond acceptors (Lipinski definition) is 3. The maximum atomic E-state index is 11.7. The van der Waals surface area contributed by atoms with Gasteiger partial charge in [0, 0.05) is 31.2 Å². The molecule has 0 aromatic heterocycles. The van der Waals surface area contributed by atoms with Crippen molar-refractivity contribution in [1.29, 1.82) is 0 Å². The minimum atomic E-state index is -0.893. The number of nitrogens with zero attached hydrogens (tertiary/aromatic N) is 1. The molecular formula is C15H18N2O3. The molecule has 2 aliphatic rings. The molecule has 3 rings (SSSR count). The van der Waals surface area contributed by atoms with Crippen LogP contribution in [0.3, 0.4) is 0 Å². The summed E-state index contributed by atoms with van der Waals surface area (Å²) in [4.78, 5) is 24.8. The molecular weight excluding hydrogens is 256 g/mol. The summed E-state index contributed by atoms with van der Waals surface area (Å²) in [7, 11) is 0. The summed E-state index contributed by atoms with van der Waals surface area (Å²) in [6, 6.07) is 5.63. The summed E-state index contributed by atoms with van der Waals surface area (Å²) < 4.78 is 0. The summed E-state index contributed by atoms with van der Waals surface area (Å²) >= 11 is 0. The van der Waals surface area contributed by atoms with Crippen LogP contribution in [-0.2, 0) is 11.2 Å². The normalized spacial score (nSPS) is 16.9. The van der Waals surface area contributed by atoms with Crippen LogP contribution in [0.25, 0.3) is 0 Å². The van der Waals surface area contributed by atoms with Gasteiger partial charge >= 0.3 is 5.97 Å². The van der Waals surface area contributed by atoms with E-state index in [0.29, 0.717) is 24.6 Å². The van der Waals surface area contributed by atoms with Crippen molar-refractivity contribution < 1.29 is 14.7 Å². The third kappa shape index (κ3) is 2.76. The van der Waals surface area contributed by atoms with Crippen LogP contribution in [0.4, 0.5) is 5.69 Å². The van der Waals surface area contributed by atoms with E-state index in [2.05, 4.69) is 10.2 Å². The van der Waals surface area contributed by atoms with Crippen molar-refractivity contribution >= 4 is 17.6 Å². The first-order valence-electron chi connectivity index (χ1n) is 7.04. The zero-order valence-corrected chi connectivity index (χ0v) is 11.3. The molecule has 1 aliphatic carbocycles. The highest BCUT2D eigenvalue weighted by molar-refractivity contribution is 5.89. The van der Waals surface area contributed by atoms with Crippen LogP contribution in [-0.4, -0.2) is 36.1 Å². The second-order valence-electron chi connectivity index (χ2n) is 5.48. The van der Waals surface area contributed by atoms with Gasteiger partial charge < -0.3 is 15.3 Å². The number of carbonyl (C=O) groups is 2. The second kappa shape index (κ2) is 5.15. The predicted molar refractivity (Wildman–Crippen MR) is 75.1 cm³/mol. The lowest BCUT2D eigenvalue weighted by Crippen LogP contribution is -2.31. The minimum Gasteiger partial charge on any atom is -0.478 e. The van der Waals surface area contributed by atoms with Crippen LogP contribution >= 0.6 is 0 Å². The van der Waals surface area contributed by atoms with E-state index in [4.69, 9.17) is 5.11 Å². The molecule has 20 heavy (non-hydrogen) atoms. The number of carbonyl (C=O) groups excluding carboxylic acids is 1. The van der Waals surface area contributed by atoms with Gasteiger partial charge in [-0.15, -0.1) is 0 Å². The maximum absolute atomic E-state index is 11.7. The van der Waals surface area contributed by atoms with Gasteiger partial charge in [-0.1, -0.05) is 0 Å². The van der Waals surface area contributed by atoms with E-state index >= 15 is 0 Å². The summed E-state index contributed by atoms with van der Waals surface area (Å²) in [5.74, 6) is -0.779. The Morgan fingerprint density at radius 2 is 2.15 bits per heavy atom. The Kier molecular flexibility index (Phi) is 3.34. The molecule has 1 amide bonds. The molecule has 5 heteroatoms. The monoisotopic (exact) mass is 274 g/mol. The molecule has 0 saturated heterocycles. The van der Waals surface area contributed by atoms with Crippen LogP contribution in [0.1, 0.15) is 35.2 Å². The highest BCUT2D eigenvalue weighted by Gasteiger charge is 2.24. The molecule has 1 aromatic rings. The Balaban J connectivity index is 1.60. The molecule has 1 aromatic carbocycles. The molecule has 0 radical (unpaired) electrons. The van der Waals surface area contributed by atoms with Gasteiger partial charge in [0.15, 0.2) is 0 Å². The first kappa shape index (κ1) is 13.0. The first-order chi connectivity index (χ1) is 9.63. The van der Waals surface area contributed by atoms with E-state index in [0.717, 1.165) is 37.1 Å². The predicted octanol–water partition coefficient (Wildman–Crippen LogP) is 1.42. The van der Waals surface area contributed by atoms with E-state index in [9.17, 15) is 9.59 Å². The van der Waals surface area contributed by atoms with Crippen molar-refractivity contribution in [2.45, 2.75) is 31.7 Å². The molecule has 1 heterocycles. The highest BCUT2D eigenvalue weighted by Crippen LogP contribution is 2.29.